The number of aromatic nitrogens is 4. The van der Waals surface area contributed by atoms with Gasteiger partial charge in [-0.15, -0.1) is 5.10 Å². The summed E-state index contributed by atoms with van der Waals surface area (Å²) in [6.45, 7) is 0.581. The number of aliphatic imine (C=N–C) groups is 1. The van der Waals surface area contributed by atoms with Gasteiger partial charge in [0.2, 0.25) is 5.16 Å². The maximum absolute atomic E-state index is 8.55. The van der Waals surface area contributed by atoms with Gasteiger partial charge in [-0.05, 0) is 28.8 Å². The maximum Gasteiger partial charge on any atom is 0.214 e. The van der Waals surface area contributed by atoms with Crippen molar-refractivity contribution in [1.29, 1.82) is 5.26 Å². The number of nitriles is 1. The minimum atomic E-state index is 0.581. The predicted octanol–water partition coefficient (Wildman–Crippen LogP) is 1.54. The van der Waals surface area contributed by atoms with Crippen LogP contribution in [0.5, 0.6) is 0 Å². The number of hydrogen-bond acceptors (Lipinski definition) is 7. The first-order chi connectivity index (χ1) is 10.3. The lowest BCUT2D eigenvalue weighted by Gasteiger charge is -2.03. The van der Waals surface area contributed by atoms with E-state index >= 15 is 0 Å². The van der Waals surface area contributed by atoms with Crippen molar-refractivity contribution >= 4 is 28.7 Å². The van der Waals surface area contributed by atoms with Gasteiger partial charge in [-0.1, -0.05) is 41.7 Å². The summed E-state index contributed by atoms with van der Waals surface area (Å²) in [6, 6.07) is 9.71. The lowest BCUT2D eigenvalue weighted by Crippen LogP contribution is -2.14. The fourth-order valence-electron chi connectivity index (χ4n) is 1.49. The van der Waals surface area contributed by atoms with Gasteiger partial charge in [0.25, 0.3) is 0 Å². The molecule has 0 amide bonds. The van der Waals surface area contributed by atoms with Gasteiger partial charge < -0.3 is 0 Å². The molecule has 9 heteroatoms. The molecule has 0 radical (unpaired) electrons. The van der Waals surface area contributed by atoms with Gasteiger partial charge in [-0.25, -0.2) is 0 Å². The highest BCUT2D eigenvalue weighted by Gasteiger charge is 2.07. The van der Waals surface area contributed by atoms with Crippen LogP contribution in [0.3, 0.4) is 0 Å². The average molecular weight is 319 g/mol. The standard InChI is InChI=1S/C12H13N7S2/c1-20-11(15-9-13)14-7-8-21-12-16-17-18-19(12)10-5-3-2-4-6-10/h2-6H,7-8H2,1H3,(H,14,15). The summed E-state index contributed by atoms with van der Waals surface area (Å²) in [5.41, 5.74) is 0.921. The van der Waals surface area contributed by atoms with Crippen LogP contribution in [-0.4, -0.2) is 43.9 Å². The number of thioether (sulfide) groups is 2. The van der Waals surface area contributed by atoms with E-state index in [1.807, 2.05) is 42.8 Å². The zero-order valence-electron chi connectivity index (χ0n) is 11.3. The Morgan fingerprint density at radius 2 is 2.24 bits per heavy atom. The molecule has 1 N–H and O–H groups in total. The van der Waals surface area contributed by atoms with Crippen LogP contribution in [0.4, 0.5) is 0 Å². The topological polar surface area (TPSA) is 91.8 Å². The molecule has 108 valence electrons. The molecular formula is C12H13N7S2. The molecular weight excluding hydrogens is 306 g/mol. The summed E-state index contributed by atoms with van der Waals surface area (Å²) in [5, 5.41) is 24.1. The quantitative estimate of drug-likeness (QED) is 0.223. The lowest BCUT2D eigenvalue weighted by atomic mass is 10.3. The molecule has 0 bridgehead atoms. The number of rotatable bonds is 5. The minimum Gasteiger partial charge on any atom is -0.272 e. The van der Waals surface area contributed by atoms with Gasteiger partial charge >= 0.3 is 0 Å². The number of tetrazole rings is 1. The van der Waals surface area contributed by atoms with Crippen molar-refractivity contribution in [2.45, 2.75) is 5.16 Å². The van der Waals surface area contributed by atoms with Crippen LogP contribution in [0.15, 0.2) is 40.5 Å². The Bertz CT molecular complexity index is 633. The molecule has 0 aliphatic rings. The van der Waals surface area contributed by atoms with Gasteiger partial charge in [-0.3, -0.25) is 10.3 Å². The van der Waals surface area contributed by atoms with Crippen molar-refractivity contribution in [1.82, 2.24) is 25.5 Å². The highest BCUT2D eigenvalue weighted by molar-refractivity contribution is 8.13. The van der Waals surface area contributed by atoms with Crippen molar-refractivity contribution in [3.63, 3.8) is 0 Å². The smallest absolute Gasteiger partial charge is 0.214 e. The number of nitrogens with one attached hydrogen (secondary N) is 1. The van der Waals surface area contributed by atoms with E-state index in [4.69, 9.17) is 5.26 Å². The van der Waals surface area contributed by atoms with E-state index in [1.54, 1.807) is 4.68 Å². The minimum absolute atomic E-state index is 0.581. The molecule has 7 nitrogen and oxygen atoms in total. The summed E-state index contributed by atoms with van der Waals surface area (Å²) >= 11 is 2.92. The van der Waals surface area contributed by atoms with Crippen LogP contribution in [0.1, 0.15) is 0 Å². The van der Waals surface area contributed by atoms with Gasteiger partial charge in [0.15, 0.2) is 11.4 Å². The van der Waals surface area contributed by atoms with Gasteiger partial charge in [0.1, 0.15) is 0 Å². The number of benzene rings is 1. The Kier molecular flexibility index (Phi) is 6.05. The summed E-state index contributed by atoms with van der Waals surface area (Å²) in [6.07, 6.45) is 3.73. The Balaban J connectivity index is 1.94. The third-order valence-electron chi connectivity index (χ3n) is 2.38. The zero-order valence-corrected chi connectivity index (χ0v) is 12.9. The SMILES string of the molecule is CSC(=NCCSc1nnnn1-c1ccccc1)NC#N. The predicted molar refractivity (Wildman–Crippen MR) is 84.4 cm³/mol. The van der Waals surface area contributed by atoms with Crippen molar-refractivity contribution in [3.05, 3.63) is 30.3 Å². The molecule has 0 aliphatic carbocycles. The van der Waals surface area contributed by atoms with Crippen LogP contribution < -0.4 is 5.32 Å². The summed E-state index contributed by atoms with van der Waals surface area (Å²) in [5.74, 6) is 0.727. The molecule has 0 spiro atoms. The Labute approximate surface area is 130 Å². The molecule has 0 saturated carbocycles. The third-order valence-corrected chi connectivity index (χ3v) is 3.89. The number of nitrogens with zero attached hydrogens (tertiary/aromatic N) is 6. The van der Waals surface area contributed by atoms with Crippen LogP contribution >= 0.6 is 23.5 Å². The zero-order chi connectivity index (χ0) is 14.9. The Hall–Kier alpha value is -2.05. The van der Waals surface area contributed by atoms with Gasteiger partial charge in [-0.2, -0.15) is 9.94 Å². The van der Waals surface area contributed by atoms with Crippen molar-refractivity contribution in [2.24, 2.45) is 4.99 Å². The highest BCUT2D eigenvalue weighted by atomic mass is 32.2. The van der Waals surface area contributed by atoms with E-state index in [-0.39, 0.29) is 0 Å². The Morgan fingerprint density at radius 1 is 1.43 bits per heavy atom. The molecule has 2 rings (SSSR count). The third kappa shape index (κ3) is 4.47. The van der Waals surface area contributed by atoms with Crippen molar-refractivity contribution in [2.75, 3.05) is 18.6 Å². The van der Waals surface area contributed by atoms with E-state index in [0.29, 0.717) is 11.7 Å². The van der Waals surface area contributed by atoms with E-state index in [0.717, 1.165) is 16.6 Å². The summed E-state index contributed by atoms with van der Waals surface area (Å²) in [4.78, 5) is 4.28. The molecule has 21 heavy (non-hydrogen) atoms. The van der Waals surface area contributed by atoms with Crippen LogP contribution in [-0.2, 0) is 0 Å². The summed E-state index contributed by atoms with van der Waals surface area (Å²) < 4.78 is 1.69. The van der Waals surface area contributed by atoms with E-state index in [9.17, 15) is 0 Å². The second kappa shape index (κ2) is 8.28. The van der Waals surface area contributed by atoms with Gasteiger partial charge in [0.05, 0.1) is 12.2 Å². The van der Waals surface area contributed by atoms with E-state index in [1.165, 1.54) is 23.5 Å². The van der Waals surface area contributed by atoms with E-state index in [2.05, 4.69) is 25.8 Å². The largest absolute Gasteiger partial charge is 0.272 e. The average Bonchev–Trinajstić information content (AvgIpc) is 2.99. The van der Waals surface area contributed by atoms with Gasteiger partial charge in [0, 0.05) is 5.75 Å². The summed E-state index contributed by atoms with van der Waals surface area (Å²) in [7, 11) is 0. The molecule has 2 aromatic rings. The molecule has 0 saturated heterocycles. The number of para-hydroxylation sites is 1. The molecule has 1 heterocycles. The number of amidine groups is 1. The second-order valence-corrected chi connectivity index (χ2v) is 5.54. The normalized spacial score (nSPS) is 11.1. The van der Waals surface area contributed by atoms with E-state index < -0.39 is 0 Å². The monoisotopic (exact) mass is 319 g/mol. The number of hydrogen-bond donors (Lipinski definition) is 1. The molecule has 0 fully saturated rings. The lowest BCUT2D eigenvalue weighted by molar-refractivity contribution is 0.756. The van der Waals surface area contributed by atoms with Crippen LogP contribution in [0.25, 0.3) is 5.69 Å². The van der Waals surface area contributed by atoms with Crippen LogP contribution in [0.2, 0.25) is 0 Å². The fraction of sp³-hybridized carbons (Fsp3) is 0.250. The first-order valence-electron chi connectivity index (χ1n) is 6.05. The Morgan fingerprint density at radius 3 is 2.95 bits per heavy atom. The highest BCUT2D eigenvalue weighted by Crippen LogP contribution is 2.17. The molecule has 0 atom stereocenters. The fourth-order valence-corrected chi connectivity index (χ4v) is 2.58. The van der Waals surface area contributed by atoms with Crippen molar-refractivity contribution in [3.8, 4) is 11.9 Å². The molecule has 1 aromatic carbocycles. The van der Waals surface area contributed by atoms with Crippen molar-refractivity contribution < 1.29 is 0 Å². The van der Waals surface area contributed by atoms with Crippen LogP contribution in [0, 0.1) is 11.5 Å². The second-order valence-electron chi connectivity index (χ2n) is 3.69. The maximum atomic E-state index is 8.55. The first-order valence-corrected chi connectivity index (χ1v) is 8.26. The molecule has 0 unspecified atom stereocenters. The molecule has 0 aliphatic heterocycles. The first kappa shape index (κ1) is 15.3. The molecule has 1 aromatic heterocycles.